The molecule has 15 heteroatoms. The molecule has 2 atom stereocenters. The van der Waals surface area contributed by atoms with Gasteiger partial charge in [-0.05, 0) is 109 Å². The summed E-state index contributed by atoms with van der Waals surface area (Å²) in [4.78, 5) is 62.8. The van der Waals surface area contributed by atoms with Crippen LogP contribution < -0.4 is 0 Å². The van der Waals surface area contributed by atoms with E-state index in [0.29, 0.717) is 38.9 Å². The highest BCUT2D eigenvalue weighted by Gasteiger charge is 2.21. The summed E-state index contributed by atoms with van der Waals surface area (Å²) >= 11 is 0. The first-order valence-electron chi connectivity index (χ1n) is 35.6. The van der Waals surface area contributed by atoms with Gasteiger partial charge in [0.2, 0.25) is 0 Å². The van der Waals surface area contributed by atoms with Gasteiger partial charge in [-0.3, -0.25) is 19.2 Å². The summed E-state index contributed by atoms with van der Waals surface area (Å²) in [5.74, 6) is -1.97. The van der Waals surface area contributed by atoms with E-state index in [1.165, 1.54) is 103 Å². The van der Waals surface area contributed by atoms with Crippen molar-refractivity contribution >= 4 is 30.5 Å². The Labute approximate surface area is 538 Å². The molecule has 0 aromatic heterocycles. The molecule has 514 valence electrons. The molecule has 0 heterocycles. The van der Waals surface area contributed by atoms with Gasteiger partial charge >= 0.3 is 24.1 Å². The number of unbranched alkanes of at least 4 members (excludes halogenated alkanes) is 26. The second-order valence-corrected chi connectivity index (χ2v) is 23.4. The largest absolute Gasteiger partial charge is 0.508 e. The summed E-state index contributed by atoms with van der Waals surface area (Å²) in [6.45, 7) is 16.9. The molecule has 0 radical (unpaired) electrons. The van der Waals surface area contributed by atoms with E-state index in [2.05, 4.69) is 95.1 Å². The standard InChI is InChI=1S/C72H131NO12.CH2O2/c1-7-13-17-21-25-27-29-31-33-35-37-39-41-43-47-52-68(74)82-62-66(63-84-70(76)54-55-71(79-57-49-45-23-19-15-9-3)80-58-50-46-24-20-16-10-4)60-78-61-67(65-85-72(77)81-59-51-56-73(11-5)12-6)64-83-69(75)53-48-44-42-40-38-36-34-32-30-28-26-22-18-14-8-2;2-1-3/h25-28,31-34,66-67,71H,7-24,29-30,35-65H2,1-6H3;1H,(H,2,3)/b27-25-,28-26-,33-31-,34-32-;. The van der Waals surface area contributed by atoms with Gasteiger partial charge in [0.25, 0.3) is 6.47 Å². The van der Waals surface area contributed by atoms with E-state index in [4.69, 9.17) is 47.8 Å². The highest BCUT2D eigenvalue weighted by molar-refractivity contribution is 5.70. The summed E-state index contributed by atoms with van der Waals surface area (Å²) in [7, 11) is 0. The monoisotopic (exact) mass is 1250 g/mol. The minimum atomic E-state index is -0.787. The molecule has 0 amide bonds. The van der Waals surface area contributed by atoms with Crippen LogP contribution in [-0.2, 0) is 57.1 Å². The zero-order valence-corrected chi connectivity index (χ0v) is 57.2. The van der Waals surface area contributed by atoms with Crippen LogP contribution in [0.15, 0.2) is 48.6 Å². The van der Waals surface area contributed by atoms with Gasteiger partial charge in [0, 0.05) is 39.0 Å². The van der Waals surface area contributed by atoms with E-state index in [-0.39, 0.29) is 71.1 Å². The van der Waals surface area contributed by atoms with Gasteiger partial charge in [-0.1, -0.05) is 219 Å². The van der Waals surface area contributed by atoms with E-state index >= 15 is 0 Å². The van der Waals surface area contributed by atoms with Crippen molar-refractivity contribution in [3.8, 4) is 0 Å². The molecule has 0 aliphatic carbocycles. The van der Waals surface area contributed by atoms with Crippen LogP contribution in [0.25, 0.3) is 0 Å². The van der Waals surface area contributed by atoms with Crippen LogP contribution in [0.3, 0.4) is 0 Å². The van der Waals surface area contributed by atoms with E-state index in [1.54, 1.807) is 0 Å². The van der Waals surface area contributed by atoms with E-state index in [1.807, 2.05) is 0 Å². The summed E-state index contributed by atoms with van der Waals surface area (Å²) in [6.07, 6.45) is 56.6. The fourth-order valence-electron chi connectivity index (χ4n) is 9.56. The number of hydrogen-bond acceptors (Lipinski definition) is 14. The minimum absolute atomic E-state index is 0.00125. The normalized spacial score (nSPS) is 12.4. The van der Waals surface area contributed by atoms with Crippen molar-refractivity contribution in [2.75, 3.05) is 79.1 Å². The van der Waals surface area contributed by atoms with Crippen molar-refractivity contribution in [3.05, 3.63) is 48.6 Å². The van der Waals surface area contributed by atoms with Gasteiger partial charge in [0.1, 0.15) is 6.61 Å². The number of nitrogens with zero attached hydrogens (tertiary/aromatic N) is 1. The lowest BCUT2D eigenvalue weighted by atomic mass is 10.1. The molecule has 0 aromatic carbocycles. The van der Waals surface area contributed by atoms with Crippen molar-refractivity contribution in [3.63, 3.8) is 0 Å². The fraction of sp³-hybridized carbons (Fsp3) is 0.822. The maximum absolute atomic E-state index is 13.4. The third-order valence-corrected chi connectivity index (χ3v) is 15.2. The van der Waals surface area contributed by atoms with Crippen LogP contribution in [0.5, 0.6) is 0 Å². The molecule has 0 aliphatic heterocycles. The lowest BCUT2D eigenvalue weighted by molar-refractivity contribution is -0.161. The predicted molar refractivity (Wildman–Crippen MR) is 359 cm³/mol. The molecular formula is C73H133NO14. The van der Waals surface area contributed by atoms with Crippen LogP contribution >= 0.6 is 0 Å². The van der Waals surface area contributed by atoms with Crippen LogP contribution in [0.2, 0.25) is 0 Å². The lowest BCUT2D eigenvalue weighted by Gasteiger charge is -2.21. The molecule has 0 rings (SSSR count). The highest BCUT2D eigenvalue weighted by atomic mass is 16.7. The third kappa shape index (κ3) is 66.4. The zero-order valence-electron chi connectivity index (χ0n) is 57.2. The van der Waals surface area contributed by atoms with E-state index < -0.39 is 30.3 Å². The van der Waals surface area contributed by atoms with Gasteiger partial charge in [-0.2, -0.15) is 0 Å². The molecule has 0 bridgehead atoms. The Morgan fingerprint density at radius 1 is 0.375 bits per heavy atom. The molecule has 0 spiro atoms. The van der Waals surface area contributed by atoms with Crippen molar-refractivity contribution in [2.45, 2.75) is 298 Å². The highest BCUT2D eigenvalue weighted by Crippen LogP contribution is 2.16. The first kappa shape index (κ1) is 86.0. The number of allylic oxidation sites excluding steroid dienone is 8. The molecular weight excluding hydrogens is 1110 g/mol. The smallest absolute Gasteiger partial charge is 0.483 e. The minimum Gasteiger partial charge on any atom is -0.483 e. The molecule has 1 N–H and O–H groups in total. The Morgan fingerprint density at radius 2 is 0.716 bits per heavy atom. The molecule has 0 saturated heterocycles. The molecule has 0 aromatic rings. The molecule has 2 unspecified atom stereocenters. The average Bonchev–Trinajstić information content (AvgIpc) is 3.64. The van der Waals surface area contributed by atoms with Crippen molar-refractivity contribution in [1.82, 2.24) is 4.90 Å². The number of carboxylic acid groups (broad SMARTS) is 1. The number of carbonyl (C=O) groups is 5. The SMILES string of the molecule is CCCCC/C=C\C/C=C\CCCCCCCC(=O)OCC(COCC(COC(=O)CCCCCCC/C=C\C/C=C\CCCCC)COC(=O)OCCCN(CC)CC)COC(=O)CCC(OCCCCCCCC)OCCCCCCCC.O=CO. The first-order valence-corrected chi connectivity index (χ1v) is 35.6. The molecule has 88 heavy (non-hydrogen) atoms. The lowest BCUT2D eigenvalue weighted by Crippen LogP contribution is -2.29. The van der Waals surface area contributed by atoms with E-state index in [0.717, 1.165) is 135 Å². The predicted octanol–water partition coefficient (Wildman–Crippen LogP) is 18.9. The number of rotatable bonds is 65. The quantitative estimate of drug-likeness (QED) is 0.0151. The van der Waals surface area contributed by atoms with Crippen LogP contribution in [-0.4, -0.2) is 126 Å². The second kappa shape index (κ2) is 72.0. The molecule has 0 aliphatic rings. The third-order valence-electron chi connectivity index (χ3n) is 15.2. The first-order chi connectivity index (χ1) is 43.1. The second-order valence-electron chi connectivity index (χ2n) is 23.4. The van der Waals surface area contributed by atoms with Crippen LogP contribution in [0, 0.1) is 11.8 Å². The summed E-state index contributed by atoms with van der Waals surface area (Å²) < 4.78 is 46.9. The molecule has 0 fully saturated rings. The Bertz CT molecular complexity index is 1630. The Kier molecular flexibility index (Phi) is 70.4. The van der Waals surface area contributed by atoms with Gasteiger partial charge in [0.15, 0.2) is 6.29 Å². The van der Waals surface area contributed by atoms with Crippen LogP contribution in [0.4, 0.5) is 4.79 Å². The summed E-state index contributed by atoms with van der Waals surface area (Å²) in [5.41, 5.74) is 0. The summed E-state index contributed by atoms with van der Waals surface area (Å²) in [5, 5.41) is 6.89. The Balaban J connectivity index is 0. The number of hydrogen-bond donors (Lipinski definition) is 1. The topological polar surface area (TPSA) is 183 Å². The van der Waals surface area contributed by atoms with Gasteiger partial charge < -0.3 is 47.9 Å². The van der Waals surface area contributed by atoms with Gasteiger partial charge in [-0.25, -0.2) is 4.79 Å². The van der Waals surface area contributed by atoms with Gasteiger partial charge in [-0.15, -0.1) is 0 Å². The maximum atomic E-state index is 13.4. The van der Waals surface area contributed by atoms with Crippen molar-refractivity contribution < 1.29 is 67.0 Å². The van der Waals surface area contributed by atoms with Gasteiger partial charge in [0.05, 0.1) is 57.9 Å². The fourth-order valence-corrected chi connectivity index (χ4v) is 9.56. The molecule has 0 saturated carbocycles. The maximum Gasteiger partial charge on any atom is 0.508 e. The zero-order chi connectivity index (χ0) is 64.7. The number of ether oxygens (including phenoxy) is 8. The van der Waals surface area contributed by atoms with Crippen molar-refractivity contribution in [2.24, 2.45) is 11.8 Å². The summed E-state index contributed by atoms with van der Waals surface area (Å²) in [6, 6.07) is 0. The average molecular weight is 1250 g/mol. The van der Waals surface area contributed by atoms with Crippen molar-refractivity contribution in [1.29, 1.82) is 0 Å². The Hall–Kier alpha value is -4.05. The number of carbonyl (C=O) groups excluding carboxylic acids is 4. The van der Waals surface area contributed by atoms with E-state index in [9.17, 15) is 19.2 Å². The Morgan fingerprint density at radius 3 is 1.12 bits per heavy atom. The van der Waals surface area contributed by atoms with Crippen LogP contribution in [0.1, 0.15) is 292 Å². The molecule has 15 nitrogen and oxygen atoms in total. The number of esters is 3.